The van der Waals surface area contributed by atoms with Gasteiger partial charge in [0.25, 0.3) is 0 Å². The fourth-order valence-corrected chi connectivity index (χ4v) is 2.13. The Morgan fingerprint density at radius 2 is 2.35 bits per heavy atom. The number of carboxylic acid groups (broad SMARTS) is 1. The normalized spacial score (nSPS) is 10.6. The number of hydrogen-bond donors (Lipinski definition) is 1. The summed E-state index contributed by atoms with van der Waals surface area (Å²) in [6, 6.07) is 5.47. The number of furan rings is 1. The van der Waals surface area contributed by atoms with Crippen molar-refractivity contribution in [2.24, 2.45) is 0 Å². The maximum Gasteiger partial charge on any atom is 0.339 e. The van der Waals surface area contributed by atoms with Crippen LogP contribution in [-0.2, 0) is 17.8 Å². The molecule has 1 N–H and O–H groups in total. The van der Waals surface area contributed by atoms with E-state index in [2.05, 4.69) is 0 Å². The summed E-state index contributed by atoms with van der Waals surface area (Å²) in [5.74, 6) is -0.626. The summed E-state index contributed by atoms with van der Waals surface area (Å²) in [6.07, 6.45) is 2.20. The van der Waals surface area contributed by atoms with Crippen LogP contribution >= 0.6 is 11.3 Å². The predicted molar refractivity (Wildman–Crippen MR) is 63.3 cm³/mol. The topological polar surface area (TPSA) is 59.7 Å². The van der Waals surface area contributed by atoms with Crippen molar-refractivity contribution in [2.75, 3.05) is 6.61 Å². The molecule has 0 unspecified atom stereocenters. The summed E-state index contributed by atoms with van der Waals surface area (Å²) in [5.41, 5.74) is 0.168. The second-order valence-electron chi connectivity index (χ2n) is 3.44. The van der Waals surface area contributed by atoms with E-state index in [4.69, 9.17) is 14.3 Å². The lowest BCUT2D eigenvalue weighted by Crippen LogP contribution is -2.02. The van der Waals surface area contributed by atoms with Crippen LogP contribution in [0.2, 0.25) is 0 Å². The molecule has 0 aromatic carbocycles. The fraction of sp³-hybridized carbons (Fsp3) is 0.250. The van der Waals surface area contributed by atoms with Gasteiger partial charge in [0.1, 0.15) is 17.9 Å². The summed E-state index contributed by atoms with van der Waals surface area (Å²) in [4.78, 5) is 12.0. The van der Waals surface area contributed by atoms with Gasteiger partial charge in [-0.1, -0.05) is 6.07 Å². The zero-order valence-electron chi connectivity index (χ0n) is 9.09. The van der Waals surface area contributed by atoms with E-state index >= 15 is 0 Å². The first-order valence-corrected chi connectivity index (χ1v) is 6.05. The van der Waals surface area contributed by atoms with Crippen LogP contribution in [0.3, 0.4) is 0 Å². The number of aromatic carboxylic acids is 1. The highest BCUT2D eigenvalue weighted by molar-refractivity contribution is 7.09. The number of rotatable bonds is 6. The van der Waals surface area contributed by atoms with E-state index in [1.54, 1.807) is 11.3 Å². The molecular weight excluding hydrogens is 240 g/mol. The molecule has 0 saturated carbocycles. The lowest BCUT2D eigenvalue weighted by Gasteiger charge is -2.01. The minimum atomic E-state index is -0.990. The van der Waals surface area contributed by atoms with Gasteiger partial charge in [0, 0.05) is 11.3 Å². The number of carbonyl (C=O) groups is 1. The molecule has 5 heteroatoms. The Kier molecular flexibility index (Phi) is 3.95. The standard InChI is InChI=1S/C12H12O4S/c13-12(14)10-4-6-16-11(10)8-15-5-3-9-2-1-7-17-9/h1-2,4,6-7H,3,5,8H2,(H,13,14). The molecule has 0 spiro atoms. The zero-order valence-corrected chi connectivity index (χ0v) is 9.90. The molecule has 0 aliphatic carbocycles. The summed E-state index contributed by atoms with van der Waals surface area (Å²) in [5, 5.41) is 10.9. The Hall–Kier alpha value is -1.59. The maximum absolute atomic E-state index is 10.8. The molecular formula is C12H12O4S. The van der Waals surface area contributed by atoms with E-state index in [9.17, 15) is 4.79 Å². The number of ether oxygens (including phenoxy) is 1. The monoisotopic (exact) mass is 252 g/mol. The van der Waals surface area contributed by atoms with Gasteiger partial charge in [-0.2, -0.15) is 0 Å². The Bertz CT molecular complexity index is 472. The van der Waals surface area contributed by atoms with Crippen LogP contribution in [0.1, 0.15) is 21.0 Å². The van der Waals surface area contributed by atoms with Crippen molar-refractivity contribution in [1.82, 2.24) is 0 Å². The van der Waals surface area contributed by atoms with Gasteiger partial charge < -0.3 is 14.3 Å². The Balaban J connectivity index is 1.78. The van der Waals surface area contributed by atoms with Gasteiger partial charge >= 0.3 is 5.97 Å². The third-order valence-electron chi connectivity index (χ3n) is 2.28. The van der Waals surface area contributed by atoms with Crippen molar-refractivity contribution in [1.29, 1.82) is 0 Å². The SMILES string of the molecule is O=C(O)c1ccoc1COCCc1cccs1. The fourth-order valence-electron chi connectivity index (χ4n) is 1.44. The summed E-state index contributed by atoms with van der Waals surface area (Å²) < 4.78 is 10.5. The zero-order chi connectivity index (χ0) is 12.1. The summed E-state index contributed by atoms with van der Waals surface area (Å²) in [7, 11) is 0. The van der Waals surface area contributed by atoms with Gasteiger partial charge in [-0.25, -0.2) is 4.79 Å². The van der Waals surface area contributed by atoms with E-state index in [1.165, 1.54) is 17.2 Å². The molecule has 2 rings (SSSR count). The molecule has 2 heterocycles. The molecule has 4 nitrogen and oxygen atoms in total. The third-order valence-corrected chi connectivity index (χ3v) is 3.22. The molecule has 2 aromatic rings. The van der Waals surface area contributed by atoms with Gasteiger partial charge in [0.2, 0.25) is 0 Å². The average Bonchev–Trinajstić information content (AvgIpc) is 2.95. The number of hydrogen-bond acceptors (Lipinski definition) is 4. The van der Waals surface area contributed by atoms with Gasteiger partial charge in [-0.05, 0) is 17.5 Å². The summed E-state index contributed by atoms with van der Waals surface area (Å²) >= 11 is 1.68. The second-order valence-corrected chi connectivity index (χ2v) is 4.48. The molecule has 0 aliphatic heterocycles. The van der Waals surface area contributed by atoms with Crippen LogP contribution in [0.5, 0.6) is 0 Å². The molecule has 0 fully saturated rings. The van der Waals surface area contributed by atoms with Gasteiger partial charge in [-0.3, -0.25) is 0 Å². The average molecular weight is 252 g/mol. The highest BCUT2D eigenvalue weighted by Crippen LogP contribution is 2.13. The molecule has 90 valence electrons. The number of carboxylic acids is 1. The summed E-state index contributed by atoms with van der Waals surface area (Å²) in [6.45, 7) is 0.750. The second kappa shape index (κ2) is 5.65. The van der Waals surface area contributed by atoms with Crippen molar-refractivity contribution in [2.45, 2.75) is 13.0 Å². The minimum absolute atomic E-state index is 0.168. The van der Waals surface area contributed by atoms with Crippen molar-refractivity contribution in [3.05, 3.63) is 46.0 Å². The van der Waals surface area contributed by atoms with E-state index in [1.807, 2.05) is 17.5 Å². The first-order chi connectivity index (χ1) is 8.27. The van der Waals surface area contributed by atoms with Crippen LogP contribution in [0.15, 0.2) is 34.3 Å². The van der Waals surface area contributed by atoms with Crippen LogP contribution in [0.4, 0.5) is 0 Å². The van der Waals surface area contributed by atoms with E-state index in [-0.39, 0.29) is 12.2 Å². The molecule has 0 radical (unpaired) electrons. The molecule has 2 aromatic heterocycles. The van der Waals surface area contributed by atoms with Crippen molar-refractivity contribution in [3.63, 3.8) is 0 Å². The predicted octanol–water partition coefficient (Wildman–Crippen LogP) is 2.80. The van der Waals surface area contributed by atoms with Crippen LogP contribution < -0.4 is 0 Å². The largest absolute Gasteiger partial charge is 0.478 e. The maximum atomic E-state index is 10.8. The highest BCUT2D eigenvalue weighted by Gasteiger charge is 2.12. The van der Waals surface area contributed by atoms with Gasteiger partial charge in [0.05, 0.1) is 12.9 Å². The van der Waals surface area contributed by atoms with Crippen molar-refractivity contribution >= 4 is 17.3 Å². The first-order valence-electron chi connectivity index (χ1n) is 5.17. The van der Waals surface area contributed by atoms with Crippen molar-refractivity contribution < 1.29 is 19.1 Å². The first kappa shape index (κ1) is 11.9. The van der Waals surface area contributed by atoms with Crippen LogP contribution in [0.25, 0.3) is 0 Å². The quantitative estimate of drug-likeness (QED) is 0.803. The molecule has 0 saturated heterocycles. The smallest absolute Gasteiger partial charge is 0.339 e. The number of thiophene rings is 1. The Morgan fingerprint density at radius 3 is 3.06 bits per heavy atom. The van der Waals surface area contributed by atoms with Gasteiger partial charge in [-0.15, -0.1) is 11.3 Å². The lowest BCUT2D eigenvalue weighted by atomic mass is 10.2. The van der Waals surface area contributed by atoms with E-state index in [0.717, 1.165) is 6.42 Å². The molecule has 0 amide bonds. The van der Waals surface area contributed by atoms with E-state index in [0.29, 0.717) is 12.4 Å². The molecule has 0 aliphatic rings. The minimum Gasteiger partial charge on any atom is -0.478 e. The van der Waals surface area contributed by atoms with E-state index < -0.39 is 5.97 Å². The highest BCUT2D eigenvalue weighted by atomic mass is 32.1. The third kappa shape index (κ3) is 3.18. The molecule has 17 heavy (non-hydrogen) atoms. The molecule has 0 bridgehead atoms. The van der Waals surface area contributed by atoms with Crippen LogP contribution in [-0.4, -0.2) is 17.7 Å². The lowest BCUT2D eigenvalue weighted by molar-refractivity contribution is 0.0680. The molecule has 0 atom stereocenters. The van der Waals surface area contributed by atoms with Crippen LogP contribution in [0, 0.1) is 0 Å². The van der Waals surface area contributed by atoms with Gasteiger partial charge in [0.15, 0.2) is 0 Å². The Morgan fingerprint density at radius 1 is 1.47 bits per heavy atom. The Labute approximate surface area is 102 Å². The van der Waals surface area contributed by atoms with Crippen molar-refractivity contribution in [3.8, 4) is 0 Å².